The smallest absolute Gasteiger partial charge is 0.144 e. The lowest BCUT2D eigenvalue weighted by Gasteiger charge is -2.14. The first-order valence-corrected chi connectivity index (χ1v) is 6.43. The van der Waals surface area contributed by atoms with E-state index in [1.807, 2.05) is 32.0 Å². The van der Waals surface area contributed by atoms with Crippen molar-refractivity contribution >= 4 is 11.4 Å². The van der Waals surface area contributed by atoms with Gasteiger partial charge in [0.2, 0.25) is 0 Å². The number of nitrogen functional groups attached to an aromatic ring is 1. The van der Waals surface area contributed by atoms with Gasteiger partial charge in [-0.3, -0.25) is 0 Å². The fourth-order valence-electron chi connectivity index (χ4n) is 2.07. The molecule has 0 amide bonds. The maximum absolute atomic E-state index is 5.88. The van der Waals surface area contributed by atoms with Crippen LogP contribution in [0.15, 0.2) is 18.2 Å². The predicted molar refractivity (Wildman–Crippen MR) is 72.4 cm³/mol. The average Bonchev–Trinajstić information content (AvgIpc) is 3.01. The van der Waals surface area contributed by atoms with Gasteiger partial charge in [0.15, 0.2) is 0 Å². The molecule has 0 radical (unpaired) electrons. The van der Waals surface area contributed by atoms with Gasteiger partial charge in [-0.1, -0.05) is 13.3 Å². The van der Waals surface area contributed by atoms with Crippen LogP contribution in [0.25, 0.3) is 0 Å². The molecule has 0 heterocycles. The number of hydrogen-bond acceptors (Lipinski definition) is 3. The van der Waals surface area contributed by atoms with Crippen LogP contribution in [-0.4, -0.2) is 12.1 Å². The standard InChI is InChI=1S/C14H22N2O/c1-4-10-7-13(10)16-11-5-6-12(15)14(8-11)17-9(2)3/h5-6,8-10,13,16H,4,7,15H2,1-3H3. The highest BCUT2D eigenvalue weighted by atomic mass is 16.5. The first-order chi connectivity index (χ1) is 8.10. The number of benzene rings is 1. The van der Waals surface area contributed by atoms with E-state index in [0.717, 1.165) is 17.4 Å². The Labute approximate surface area is 103 Å². The summed E-state index contributed by atoms with van der Waals surface area (Å²) in [5.74, 6) is 1.61. The van der Waals surface area contributed by atoms with E-state index >= 15 is 0 Å². The van der Waals surface area contributed by atoms with Gasteiger partial charge in [0, 0.05) is 17.8 Å². The maximum atomic E-state index is 5.88. The maximum Gasteiger partial charge on any atom is 0.144 e. The molecule has 94 valence electrons. The van der Waals surface area contributed by atoms with Gasteiger partial charge in [-0.2, -0.15) is 0 Å². The minimum atomic E-state index is 0.150. The largest absolute Gasteiger partial charge is 0.489 e. The van der Waals surface area contributed by atoms with Crippen molar-refractivity contribution in [3.8, 4) is 5.75 Å². The van der Waals surface area contributed by atoms with Gasteiger partial charge in [0.25, 0.3) is 0 Å². The highest BCUT2D eigenvalue weighted by molar-refractivity contribution is 5.62. The van der Waals surface area contributed by atoms with Crippen molar-refractivity contribution in [2.75, 3.05) is 11.1 Å². The third kappa shape index (κ3) is 3.05. The Morgan fingerprint density at radius 1 is 1.47 bits per heavy atom. The van der Waals surface area contributed by atoms with Crippen LogP contribution in [0.4, 0.5) is 11.4 Å². The van der Waals surface area contributed by atoms with Crippen LogP contribution < -0.4 is 15.8 Å². The van der Waals surface area contributed by atoms with E-state index in [0.29, 0.717) is 11.7 Å². The van der Waals surface area contributed by atoms with E-state index in [-0.39, 0.29) is 6.10 Å². The molecule has 2 atom stereocenters. The van der Waals surface area contributed by atoms with Crippen molar-refractivity contribution in [1.82, 2.24) is 0 Å². The third-order valence-electron chi connectivity index (χ3n) is 3.18. The first-order valence-electron chi connectivity index (χ1n) is 6.43. The Morgan fingerprint density at radius 3 is 2.82 bits per heavy atom. The second-order valence-electron chi connectivity index (χ2n) is 5.07. The van der Waals surface area contributed by atoms with E-state index in [2.05, 4.69) is 12.2 Å². The topological polar surface area (TPSA) is 47.3 Å². The summed E-state index contributed by atoms with van der Waals surface area (Å²) < 4.78 is 5.68. The Morgan fingerprint density at radius 2 is 2.24 bits per heavy atom. The van der Waals surface area contributed by atoms with E-state index in [1.165, 1.54) is 12.8 Å². The molecule has 0 spiro atoms. The van der Waals surface area contributed by atoms with Crippen molar-refractivity contribution < 1.29 is 4.74 Å². The number of ether oxygens (including phenoxy) is 1. The SMILES string of the molecule is CCC1CC1Nc1ccc(N)c(OC(C)C)c1. The molecule has 1 saturated carbocycles. The minimum Gasteiger partial charge on any atom is -0.489 e. The van der Waals surface area contributed by atoms with Gasteiger partial charge < -0.3 is 15.8 Å². The molecule has 0 aromatic heterocycles. The van der Waals surface area contributed by atoms with E-state index in [4.69, 9.17) is 10.5 Å². The molecule has 3 N–H and O–H groups in total. The molecule has 3 nitrogen and oxygen atoms in total. The summed E-state index contributed by atoms with van der Waals surface area (Å²) in [5, 5.41) is 3.52. The van der Waals surface area contributed by atoms with Gasteiger partial charge in [-0.25, -0.2) is 0 Å². The van der Waals surface area contributed by atoms with Gasteiger partial charge >= 0.3 is 0 Å². The zero-order valence-electron chi connectivity index (χ0n) is 10.9. The molecule has 0 bridgehead atoms. The van der Waals surface area contributed by atoms with Crippen LogP contribution in [0.2, 0.25) is 0 Å². The zero-order chi connectivity index (χ0) is 12.4. The molecule has 1 aromatic rings. The van der Waals surface area contributed by atoms with Crippen LogP contribution in [0.3, 0.4) is 0 Å². The fourth-order valence-corrected chi connectivity index (χ4v) is 2.07. The van der Waals surface area contributed by atoms with Gasteiger partial charge in [0.05, 0.1) is 11.8 Å². The van der Waals surface area contributed by atoms with Crippen molar-refractivity contribution in [2.24, 2.45) is 5.92 Å². The predicted octanol–water partition coefficient (Wildman–Crippen LogP) is 3.27. The summed E-state index contributed by atoms with van der Waals surface area (Å²) in [5.41, 5.74) is 7.69. The Balaban J connectivity index is 2.03. The molecule has 0 aliphatic heterocycles. The molecule has 1 aromatic carbocycles. The lowest BCUT2D eigenvalue weighted by Crippen LogP contribution is -2.09. The van der Waals surface area contributed by atoms with E-state index < -0.39 is 0 Å². The molecular weight excluding hydrogens is 212 g/mol. The number of rotatable bonds is 5. The second-order valence-corrected chi connectivity index (χ2v) is 5.07. The average molecular weight is 234 g/mol. The van der Waals surface area contributed by atoms with E-state index in [1.54, 1.807) is 0 Å². The molecule has 2 rings (SSSR count). The van der Waals surface area contributed by atoms with Crippen molar-refractivity contribution in [2.45, 2.75) is 45.8 Å². The quantitative estimate of drug-likeness (QED) is 0.769. The minimum absolute atomic E-state index is 0.150. The van der Waals surface area contributed by atoms with E-state index in [9.17, 15) is 0 Å². The van der Waals surface area contributed by atoms with Gasteiger partial charge in [0.1, 0.15) is 5.75 Å². The molecule has 1 fully saturated rings. The lowest BCUT2D eigenvalue weighted by atomic mass is 10.2. The summed E-state index contributed by atoms with van der Waals surface area (Å²) >= 11 is 0. The Kier molecular flexibility index (Phi) is 3.46. The molecule has 3 heteroatoms. The number of nitrogens with one attached hydrogen (secondary N) is 1. The zero-order valence-corrected chi connectivity index (χ0v) is 10.9. The molecular formula is C14H22N2O. The Hall–Kier alpha value is -1.38. The summed E-state index contributed by atoms with van der Waals surface area (Å²) in [4.78, 5) is 0. The van der Waals surface area contributed by atoms with Crippen LogP contribution in [0.1, 0.15) is 33.6 Å². The van der Waals surface area contributed by atoms with Crippen molar-refractivity contribution in [3.05, 3.63) is 18.2 Å². The summed E-state index contributed by atoms with van der Waals surface area (Å²) in [7, 11) is 0. The highest BCUT2D eigenvalue weighted by Gasteiger charge is 2.35. The monoisotopic (exact) mass is 234 g/mol. The number of anilines is 2. The third-order valence-corrected chi connectivity index (χ3v) is 3.18. The summed E-state index contributed by atoms with van der Waals surface area (Å²) in [6, 6.07) is 6.56. The number of hydrogen-bond donors (Lipinski definition) is 2. The van der Waals surface area contributed by atoms with Crippen LogP contribution >= 0.6 is 0 Å². The summed E-state index contributed by atoms with van der Waals surface area (Å²) in [6.07, 6.45) is 2.68. The number of nitrogens with two attached hydrogens (primary N) is 1. The van der Waals surface area contributed by atoms with Gasteiger partial charge in [-0.15, -0.1) is 0 Å². The fraction of sp³-hybridized carbons (Fsp3) is 0.571. The molecule has 1 aliphatic rings. The van der Waals surface area contributed by atoms with Crippen LogP contribution in [0, 0.1) is 5.92 Å². The second kappa shape index (κ2) is 4.86. The molecule has 0 saturated heterocycles. The van der Waals surface area contributed by atoms with Crippen molar-refractivity contribution in [1.29, 1.82) is 0 Å². The van der Waals surface area contributed by atoms with Gasteiger partial charge in [-0.05, 0) is 38.3 Å². The van der Waals surface area contributed by atoms with Crippen molar-refractivity contribution in [3.63, 3.8) is 0 Å². The molecule has 1 aliphatic carbocycles. The molecule has 2 unspecified atom stereocenters. The normalized spacial score (nSPS) is 22.6. The molecule has 17 heavy (non-hydrogen) atoms. The lowest BCUT2D eigenvalue weighted by molar-refractivity contribution is 0.244. The highest BCUT2D eigenvalue weighted by Crippen LogP contribution is 2.37. The van der Waals surface area contributed by atoms with Crippen LogP contribution in [-0.2, 0) is 0 Å². The first kappa shape index (κ1) is 12.1. The summed E-state index contributed by atoms with van der Waals surface area (Å²) in [6.45, 7) is 6.25. The Bertz CT molecular complexity index is 390. The van der Waals surface area contributed by atoms with Crippen LogP contribution in [0.5, 0.6) is 5.75 Å².